The summed E-state index contributed by atoms with van der Waals surface area (Å²) in [6.45, 7) is 0. The largest absolute Gasteiger partial charge is 2.00 e. The van der Waals surface area contributed by atoms with E-state index in [1.165, 1.54) is 0 Å². The monoisotopic (exact) mass is 284 g/mol. The molecule has 8 heteroatoms. The van der Waals surface area contributed by atoms with Crippen LogP contribution in [0.2, 0.25) is 0 Å². The Bertz CT molecular complexity index is 31.5. The Morgan fingerprint density at radius 1 is 0.875 bits per heavy atom. The summed E-state index contributed by atoms with van der Waals surface area (Å²) in [6.07, 6.45) is 0. The molecular formula is CaO4SiSrZn+2. The van der Waals surface area contributed by atoms with Crippen molar-refractivity contribution in [1.29, 1.82) is 0 Å². The van der Waals surface area contributed by atoms with Crippen molar-refractivity contribution in [3.05, 3.63) is 0 Å². The minimum Gasteiger partial charge on any atom is -0.894 e. The molecule has 0 saturated heterocycles. The molecule has 8 heavy (non-hydrogen) atoms. The molecule has 0 saturated carbocycles. The third kappa shape index (κ3) is 57.1. The van der Waals surface area contributed by atoms with Crippen LogP contribution in [0.5, 0.6) is 0 Å². The fraction of sp³-hybridized carbons (Fsp3) is 0. The fourth-order valence-electron chi connectivity index (χ4n) is 0. The molecule has 0 radical (unpaired) electrons. The normalized spacial score (nSPS) is 7.50. The van der Waals surface area contributed by atoms with Crippen molar-refractivity contribution >= 4 is 92.3 Å². The zero-order chi connectivity index (χ0) is 4.50. The zero-order valence-corrected chi connectivity index (χ0v) is 13.9. The van der Waals surface area contributed by atoms with Crippen LogP contribution in [0.25, 0.3) is 0 Å². The van der Waals surface area contributed by atoms with Gasteiger partial charge in [0.05, 0.1) is 0 Å². The van der Waals surface area contributed by atoms with E-state index < -0.39 is 9.05 Å². The van der Waals surface area contributed by atoms with Crippen molar-refractivity contribution in [2.75, 3.05) is 0 Å². The van der Waals surface area contributed by atoms with Crippen LogP contribution in [0.4, 0.5) is 0 Å². The average Bonchev–Trinajstić information content (AvgIpc) is 0.722. The maximum atomic E-state index is 8.58. The van der Waals surface area contributed by atoms with Crippen LogP contribution in [-0.2, 0) is 19.5 Å². The molecule has 4 nitrogen and oxygen atoms in total. The summed E-state index contributed by atoms with van der Waals surface area (Å²) in [5.41, 5.74) is 0. The van der Waals surface area contributed by atoms with Crippen molar-refractivity contribution in [2.24, 2.45) is 0 Å². The molecule has 0 aromatic heterocycles. The van der Waals surface area contributed by atoms with Crippen LogP contribution in [0.3, 0.4) is 0 Å². The topological polar surface area (TPSA) is 92.2 Å². The van der Waals surface area contributed by atoms with E-state index in [4.69, 9.17) is 19.2 Å². The van der Waals surface area contributed by atoms with Gasteiger partial charge in [-0.05, 0) is 0 Å². The molecule has 0 N–H and O–H groups in total. The first kappa shape index (κ1) is 22.5. The first-order chi connectivity index (χ1) is 2.00. The van der Waals surface area contributed by atoms with E-state index in [9.17, 15) is 0 Å². The Kier molecular flexibility index (Phi) is 29.3. The van der Waals surface area contributed by atoms with Gasteiger partial charge in [-0.2, -0.15) is 0 Å². The number of hydrogen-bond donors (Lipinski definition) is 0. The van der Waals surface area contributed by atoms with Gasteiger partial charge in [0.2, 0.25) is 0 Å². The summed E-state index contributed by atoms with van der Waals surface area (Å²) in [5.74, 6) is 0. The van der Waals surface area contributed by atoms with E-state index in [0.717, 1.165) is 0 Å². The van der Waals surface area contributed by atoms with E-state index in [0.29, 0.717) is 0 Å². The van der Waals surface area contributed by atoms with E-state index in [-0.39, 0.29) is 103 Å². The van der Waals surface area contributed by atoms with Crippen molar-refractivity contribution in [2.45, 2.75) is 0 Å². The molecule has 0 unspecified atom stereocenters. The van der Waals surface area contributed by atoms with Crippen LogP contribution < -0.4 is 19.2 Å². The molecule has 0 heterocycles. The maximum Gasteiger partial charge on any atom is 2.00 e. The molecule has 0 aromatic rings. The van der Waals surface area contributed by atoms with Gasteiger partial charge in [-0.25, -0.2) is 0 Å². The summed E-state index contributed by atoms with van der Waals surface area (Å²) >= 11 is 0. The number of hydrogen-bond acceptors (Lipinski definition) is 4. The Morgan fingerprint density at radius 2 is 0.875 bits per heavy atom. The minimum atomic E-state index is -5.61. The summed E-state index contributed by atoms with van der Waals surface area (Å²) in [7, 11) is -5.61. The third-order valence-corrected chi connectivity index (χ3v) is 0. The fourth-order valence-corrected chi connectivity index (χ4v) is 0. The summed E-state index contributed by atoms with van der Waals surface area (Å²) in [4.78, 5) is 34.3. The van der Waals surface area contributed by atoms with Crippen molar-refractivity contribution in [3.63, 3.8) is 0 Å². The van der Waals surface area contributed by atoms with Gasteiger partial charge in [0.1, 0.15) is 0 Å². The Labute approximate surface area is 128 Å². The second-order valence-electron chi connectivity index (χ2n) is 0.500. The van der Waals surface area contributed by atoms with Gasteiger partial charge < -0.3 is 28.2 Å². The standard InChI is InChI=1S/Ca.O4Si.Sr.Zn/c;1-5(2,3)4;;/q+2;-4;2*+2. The van der Waals surface area contributed by atoms with Crippen LogP contribution >= 0.6 is 0 Å². The van der Waals surface area contributed by atoms with Crippen LogP contribution in [0.15, 0.2) is 0 Å². The first-order valence-electron chi connectivity index (χ1n) is 0.816. The van der Waals surface area contributed by atoms with E-state index in [1.807, 2.05) is 0 Å². The van der Waals surface area contributed by atoms with Gasteiger partial charge >= 0.3 is 103 Å². The predicted octanol–water partition coefficient (Wildman–Crippen LogP) is -5.90. The zero-order valence-electron chi connectivity index (χ0n) is 4.25. The number of rotatable bonds is 0. The molecule has 0 aliphatic rings. The second-order valence-corrected chi connectivity index (χ2v) is 1.50. The molecule has 0 aromatic carbocycles. The van der Waals surface area contributed by atoms with Gasteiger partial charge in [0, 0.05) is 0 Å². The smallest absolute Gasteiger partial charge is 0.894 e. The van der Waals surface area contributed by atoms with E-state index in [2.05, 4.69) is 0 Å². The molecule has 0 fully saturated rings. The quantitative estimate of drug-likeness (QED) is 0.414. The first-order valence-corrected chi connectivity index (χ1v) is 2.45. The van der Waals surface area contributed by atoms with Gasteiger partial charge in [-0.1, -0.05) is 0 Å². The van der Waals surface area contributed by atoms with E-state index in [1.54, 1.807) is 0 Å². The van der Waals surface area contributed by atoms with Gasteiger partial charge in [0.15, 0.2) is 0 Å². The molecule has 0 rings (SSSR count). The van der Waals surface area contributed by atoms with Crippen LogP contribution in [-0.4, -0.2) is 92.3 Å². The van der Waals surface area contributed by atoms with Gasteiger partial charge in [0.25, 0.3) is 0 Å². The van der Waals surface area contributed by atoms with Crippen molar-refractivity contribution in [3.8, 4) is 0 Å². The van der Waals surface area contributed by atoms with E-state index >= 15 is 0 Å². The summed E-state index contributed by atoms with van der Waals surface area (Å²) < 4.78 is 0. The minimum absolute atomic E-state index is 0. The van der Waals surface area contributed by atoms with Gasteiger partial charge in [-0.15, -0.1) is 0 Å². The summed E-state index contributed by atoms with van der Waals surface area (Å²) in [5, 5.41) is 0. The third-order valence-electron chi connectivity index (χ3n) is 0. The van der Waals surface area contributed by atoms with Crippen molar-refractivity contribution in [1.82, 2.24) is 0 Å². The van der Waals surface area contributed by atoms with Crippen LogP contribution in [0.1, 0.15) is 0 Å². The molecule has 0 aliphatic heterocycles. The maximum absolute atomic E-state index is 8.58. The summed E-state index contributed by atoms with van der Waals surface area (Å²) in [6, 6.07) is 0. The second kappa shape index (κ2) is 10.4. The van der Waals surface area contributed by atoms with Gasteiger partial charge in [-0.3, -0.25) is 0 Å². The molecular weight excluding hydrogens is 285 g/mol. The molecule has 0 bridgehead atoms. The SMILES string of the molecule is [Ca+2].[O-][Si]([O-])([O-])[O-].[Sr+2].[Zn+2]. The van der Waals surface area contributed by atoms with Crippen molar-refractivity contribution < 1.29 is 38.7 Å². The predicted molar refractivity (Wildman–Crippen MR) is 17.3 cm³/mol. The Hall–Kier alpha value is 3.42. The van der Waals surface area contributed by atoms with Crippen LogP contribution in [0, 0.1) is 0 Å². The molecule has 0 atom stereocenters. The Balaban J connectivity index is -0.0000000267. The molecule has 32 valence electrons. The average molecular weight is 285 g/mol. The molecule has 0 aliphatic carbocycles. The molecule has 0 amide bonds. The molecule has 0 spiro atoms. The Morgan fingerprint density at radius 3 is 0.875 bits per heavy atom.